The third kappa shape index (κ3) is 9.62. The van der Waals surface area contributed by atoms with E-state index in [0.29, 0.717) is 6.61 Å². The van der Waals surface area contributed by atoms with Gasteiger partial charge in [0, 0.05) is 4.57 Å². The lowest BCUT2D eigenvalue weighted by Gasteiger charge is -2.36. The average molecular weight is 266 g/mol. The van der Waals surface area contributed by atoms with Gasteiger partial charge >= 0.3 is 8.25 Å². The molecule has 0 saturated heterocycles. The van der Waals surface area contributed by atoms with Crippen LogP contribution in [0, 0.1) is 0 Å². The molecule has 0 radical (unpaired) electrons. The molecule has 6 heteroatoms. The second-order valence-corrected chi connectivity index (χ2v) is 5.95. The van der Waals surface area contributed by atoms with E-state index in [1.54, 1.807) is 21.1 Å². The molecule has 5 nitrogen and oxygen atoms in total. The van der Waals surface area contributed by atoms with Gasteiger partial charge in [-0.2, -0.15) is 0 Å². The van der Waals surface area contributed by atoms with Gasteiger partial charge in [-0.25, -0.2) is 0 Å². The molecular weight excluding hydrogens is 241 g/mol. The topological polar surface area (TPSA) is 58.6 Å². The van der Waals surface area contributed by atoms with Gasteiger partial charge in [0.05, 0.1) is 27.4 Å². The predicted molar refractivity (Wildman–Crippen MR) is 65.5 cm³/mol. The molecule has 2 unspecified atom stereocenters. The minimum atomic E-state index is -2.14. The van der Waals surface area contributed by atoms with Crippen LogP contribution in [0.2, 0.25) is 0 Å². The molecule has 102 valence electrons. The highest BCUT2D eigenvalue weighted by Crippen LogP contribution is 2.24. The highest BCUT2D eigenvalue weighted by atomic mass is 31.1. The van der Waals surface area contributed by atoms with Gasteiger partial charge in [-0.1, -0.05) is 26.2 Å². The minimum absolute atomic E-state index is 0.0896. The molecule has 0 aromatic heterocycles. The van der Waals surface area contributed by atoms with Crippen molar-refractivity contribution < 1.29 is 23.2 Å². The van der Waals surface area contributed by atoms with Gasteiger partial charge in [0.25, 0.3) is 0 Å². The third-order valence-corrected chi connectivity index (χ3v) is 3.13. The number of nitrogens with zero attached hydrogens (tertiary/aromatic N) is 1. The molecule has 0 N–H and O–H groups in total. The van der Waals surface area contributed by atoms with Gasteiger partial charge in [0.15, 0.2) is 0 Å². The Labute approximate surface area is 105 Å². The molecule has 0 amide bonds. The second kappa shape index (κ2) is 8.95. The first-order valence-corrected chi connectivity index (χ1v) is 7.17. The molecule has 0 spiro atoms. The highest BCUT2D eigenvalue weighted by molar-refractivity contribution is 7.33. The van der Waals surface area contributed by atoms with Crippen molar-refractivity contribution in [2.45, 2.75) is 38.8 Å². The fraction of sp³-hybridized carbons (Fsp3) is 1.00. The molecular formula is C11H25NO4P+. The summed E-state index contributed by atoms with van der Waals surface area (Å²) < 4.78 is 21.4. The van der Waals surface area contributed by atoms with Crippen molar-refractivity contribution in [3.05, 3.63) is 0 Å². The summed E-state index contributed by atoms with van der Waals surface area (Å²) in [5, 5.41) is 11.5. The Morgan fingerprint density at radius 3 is 2.35 bits per heavy atom. The predicted octanol–water partition coefficient (Wildman–Crippen LogP) is 1.65. The Balaban J connectivity index is 3.53. The first-order valence-electron chi connectivity index (χ1n) is 6.08. The summed E-state index contributed by atoms with van der Waals surface area (Å²) in [6, 6.07) is 0. The van der Waals surface area contributed by atoms with Crippen LogP contribution >= 0.6 is 8.25 Å². The van der Waals surface area contributed by atoms with E-state index in [2.05, 4.69) is 6.92 Å². The third-order valence-electron chi connectivity index (χ3n) is 2.38. The Kier molecular flexibility index (Phi) is 8.92. The van der Waals surface area contributed by atoms with Crippen LogP contribution in [-0.4, -0.2) is 45.1 Å². The van der Waals surface area contributed by atoms with Crippen molar-refractivity contribution in [2.24, 2.45) is 0 Å². The summed E-state index contributed by atoms with van der Waals surface area (Å²) in [6.45, 7) is 2.47. The molecule has 0 heterocycles. The van der Waals surface area contributed by atoms with Crippen molar-refractivity contribution in [3.8, 4) is 0 Å². The van der Waals surface area contributed by atoms with Crippen molar-refractivity contribution in [2.75, 3.05) is 34.4 Å². The molecule has 0 fully saturated rings. The summed E-state index contributed by atoms with van der Waals surface area (Å²) in [7, 11) is 3.19. The van der Waals surface area contributed by atoms with Crippen molar-refractivity contribution >= 4 is 8.25 Å². The van der Waals surface area contributed by atoms with Gasteiger partial charge in [0.1, 0.15) is 13.2 Å². The molecule has 0 bridgehead atoms. The fourth-order valence-electron chi connectivity index (χ4n) is 1.05. The molecule has 0 aliphatic carbocycles. The number of hydrogen-bond acceptors (Lipinski definition) is 4. The van der Waals surface area contributed by atoms with E-state index in [9.17, 15) is 9.67 Å². The van der Waals surface area contributed by atoms with E-state index in [1.165, 1.54) is 0 Å². The van der Waals surface area contributed by atoms with Crippen LogP contribution < -0.4 is 5.11 Å². The van der Waals surface area contributed by atoms with Gasteiger partial charge in [-0.3, -0.25) is 0 Å². The van der Waals surface area contributed by atoms with Crippen LogP contribution in [0.15, 0.2) is 0 Å². The molecule has 0 aromatic rings. The van der Waals surface area contributed by atoms with Crippen LogP contribution in [0.3, 0.4) is 0 Å². The van der Waals surface area contributed by atoms with Crippen LogP contribution in [0.1, 0.15) is 32.6 Å². The maximum Gasteiger partial charge on any atom is 0.697 e. The Morgan fingerprint density at radius 2 is 1.82 bits per heavy atom. The number of hydrogen-bond donors (Lipinski definition) is 0. The molecule has 0 saturated carbocycles. The van der Waals surface area contributed by atoms with E-state index in [1.807, 2.05) is 0 Å². The smallest absolute Gasteiger partial charge is 0.697 e. The maximum absolute atomic E-state index is 11.5. The SMILES string of the molecule is CCCCCCO[P+](=O)OCC([O-])[N+](C)(C)C. The summed E-state index contributed by atoms with van der Waals surface area (Å²) in [5.74, 6) is 0. The van der Waals surface area contributed by atoms with Crippen molar-refractivity contribution in [1.29, 1.82) is 0 Å². The quantitative estimate of drug-likeness (QED) is 0.261. The van der Waals surface area contributed by atoms with Gasteiger partial charge in [-0.05, 0) is 6.42 Å². The first-order chi connectivity index (χ1) is 7.88. The zero-order valence-corrected chi connectivity index (χ0v) is 12.2. The van der Waals surface area contributed by atoms with Crippen LogP contribution in [0.25, 0.3) is 0 Å². The number of quaternary nitrogens is 1. The minimum Gasteiger partial charge on any atom is -0.804 e. The number of likely N-dealkylation sites (N-methyl/N-ethyl adjacent to an activating group) is 1. The van der Waals surface area contributed by atoms with Gasteiger partial charge in [0.2, 0.25) is 0 Å². The lowest BCUT2D eigenvalue weighted by atomic mass is 10.2. The Hall–Kier alpha value is -0.0600. The van der Waals surface area contributed by atoms with Crippen LogP contribution in [0.5, 0.6) is 0 Å². The fourth-order valence-corrected chi connectivity index (χ4v) is 1.66. The van der Waals surface area contributed by atoms with Crippen LogP contribution in [0.4, 0.5) is 0 Å². The van der Waals surface area contributed by atoms with Crippen LogP contribution in [-0.2, 0) is 13.6 Å². The van der Waals surface area contributed by atoms with E-state index in [0.717, 1.165) is 25.7 Å². The standard InChI is InChI=1S/C11H25NO4P/c1-5-6-7-8-9-15-17(14)16-10-11(13)12(2,3)4/h11H,5-10H2,1-4H3/q+1. The molecule has 0 aromatic carbocycles. The summed E-state index contributed by atoms with van der Waals surface area (Å²) in [5.41, 5.74) is 0. The zero-order chi connectivity index (χ0) is 13.3. The maximum atomic E-state index is 11.5. The monoisotopic (exact) mass is 266 g/mol. The normalized spacial score (nSPS) is 14.8. The molecule has 17 heavy (non-hydrogen) atoms. The second-order valence-electron chi connectivity index (χ2n) is 4.98. The number of rotatable bonds is 10. The zero-order valence-electron chi connectivity index (χ0n) is 11.3. The van der Waals surface area contributed by atoms with E-state index in [-0.39, 0.29) is 11.1 Å². The highest BCUT2D eigenvalue weighted by Gasteiger charge is 2.23. The summed E-state index contributed by atoms with van der Waals surface area (Å²) in [4.78, 5) is 0. The molecule has 2 atom stereocenters. The van der Waals surface area contributed by atoms with E-state index < -0.39 is 14.5 Å². The van der Waals surface area contributed by atoms with Gasteiger partial charge < -0.3 is 9.59 Å². The number of unbranched alkanes of at least 4 members (excludes halogenated alkanes) is 3. The molecule has 0 rings (SSSR count). The average Bonchev–Trinajstić information content (AvgIpc) is 2.24. The van der Waals surface area contributed by atoms with E-state index >= 15 is 0 Å². The summed E-state index contributed by atoms with van der Waals surface area (Å²) >= 11 is 0. The van der Waals surface area contributed by atoms with Crippen molar-refractivity contribution in [3.63, 3.8) is 0 Å². The summed E-state index contributed by atoms with van der Waals surface area (Å²) in [6.07, 6.45) is 3.32. The molecule has 0 aliphatic rings. The lowest BCUT2D eigenvalue weighted by molar-refractivity contribution is -0.969. The Morgan fingerprint density at radius 1 is 1.18 bits per heavy atom. The van der Waals surface area contributed by atoms with Gasteiger partial charge in [-0.15, -0.1) is 9.05 Å². The van der Waals surface area contributed by atoms with Crippen molar-refractivity contribution in [1.82, 2.24) is 0 Å². The molecule has 0 aliphatic heterocycles. The van der Waals surface area contributed by atoms with E-state index in [4.69, 9.17) is 9.05 Å². The Bertz CT molecular complexity index is 218. The largest absolute Gasteiger partial charge is 0.804 e. The lowest BCUT2D eigenvalue weighted by Crippen LogP contribution is -2.55. The first kappa shape index (κ1) is 16.9.